The van der Waals surface area contributed by atoms with E-state index in [4.69, 9.17) is 0 Å². The van der Waals surface area contributed by atoms with Crippen LogP contribution < -0.4 is 0 Å². The zero-order valence-electron chi connectivity index (χ0n) is 16.4. The van der Waals surface area contributed by atoms with Gasteiger partial charge in [-0.2, -0.15) is 0 Å². The molecule has 31 heavy (non-hydrogen) atoms. The predicted molar refractivity (Wildman–Crippen MR) is 120 cm³/mol. The molecule has 0 saturated carbocycles. The number of carbonyl (C=O) groups excluding carboxylic acids is 2. The maximum Gasteiger partial charge on any atom is 0.295 e. The van der Waals surface area contributed by atoms with E-state index in [2.05, 4.69) is 4.98 Å². The Morgan fingerprint density at radius 2 is 1.84 bits per heavy atom. The highest BCUT2D eigenvalue weighted by molar-refractivity contribution is 7.09. The van der Waals surface area contributed by atoms with Gasteiger partial charge in [0.25, 0.3) is 11.7 Å². The number of benzene rings is 2. The predicted octanol–water partition coefficient (Wildman–Crippen LogP) is 4.92. The van der Waals surface area contributed by atoms with Crippen LogP contribution in [0.3, 0.4) is 0 Å². The number of amides is 1. The van der Waals surface area contributed by atoms with E-state index in [1.807, 2.05) is 60.0 Å². The Bertz CT molecular complexity index is 1310. The van der Waals surface area contributed by atoms with Gasteiger partial charge in [0.1, 0.15) is 5.76 Å². The molecule has 1 aliphatic heterocycles. The zero-order chi connectivity index (χ0) is 21.4. The van der Waals surface area contributed by atoms with E-state index < -0.39 is 17.7 Å². The van der Waals surface area contributed by atoms with Crippen molar-refractivity contribution in [3.05, 3.63) is 106 Å². The summed E-state index contributed by atoms with van der Waals surface area (Å²) in [5.74, 6) is -1.48. The number of thiophene rings is 1. The van der Waals surface area contributed by atoms with Gasteiger partial charge in [-0.05, 0) is 39.9 Å². The van der Waals surface area contributed by atoms with Crippen LogP contribution in [0.1, 0.15) is 22.0 Å². The molecular formula is C25H18N2O3S. The Labute approximate surface area is 182 Å². The van der Waals surface area contributed by atoms with E-state index >= 15 is 0 Å². The van der Waals surface area contributed by atoms with Gasteiger partial charge in [-0.3, -0.25) is 14.6 Å². The van der Waals surface area contributed by atoms with E-state index in [0.29, 0.717) is 11.1 Å². The van der Waals surface area contributed by atoms with Crippen molar-refractivity contribution in [2.24, 2.45) is 0 Å². The molecule has 5 rings (SSSR count). The van der Waals surface area contributed by atoms with Gasteiger partial charge in [-0.15, -0.1) is 11.3 Å². The first-order chi connectivity index (χ1) is 15.1. The van der Waals surface area contributed by atoms with Gasteiger partial charge in [0.05, 0.1) is 18.2 Å². The standard InChI is InChI=1S/C25H18N2O3S/c28-23(18-10-9-16-5-1-2-6-17(16)13-18)21-22(19-7-3-11-26-14-19)27(25(30)24(21)29)15-20-8-4-12-31-20/h1-14,22,28H,15H2/b23-21-. The van der Waals surface area contributed by atoms with Crippen molar-refractivity contribution in [1.82, 2.24) is 9.88 Å². The minimum atomic E-state index is -0.706. The van der Waals surface area contributed by atoms with Crippen LogP contribution >= 0.6 is 11.3 Å². The molecular weight excluding hydrogens is 408 g/mol. The molecule has 2 aromatic carbocycles. The molecule has 5 nitrogen and oxygen atoms in total. The van der Waals surface area contributed by atoms with Gasteiger partial charge in [0.2, 0.25) is 0 Å². The van der Waals surface area contributed by atoms with Crippen molar-refractivity contribution in [2.45, 2.75) is 12.6 Å². The van der Waals surface area contributed by atoms with Crippen LogP contribution in [0.4, 0.5) is 0 Å². The molecule has 1 saturated heterocycles. The second kappa shape index (κ2) is 7.81. The van der Waals surface area contributed by atoms with Crippen LogP contribution in [-0.4, -0.2) is 26.7 Å². The van der Waals surface area contributed by atoms with E-state index in [-0.39, 0.29) is 17.9 Å². The summed E-state index contributed by atoms with van der Waals surface area (Å²) >= 11 is 1.52. The summed E-state index contributed by atoms with van der Waals surface area (Å²) in [4.78, 5) is 32.7. The Morgan fingerprint density at radius 1 is 1.00 bits per heavy atom. The molecule has 1 atom stereocenters. The van der Waals surface area contributed by atoms with Gasteiger partial charge >= 0.3 is 0 Å². The fraction of sp³-hybridized carbons (Fsp3) is 0.0800. The van der Waals surface area contributed by atoms with Crippen molar-refractivity contribution < 1.29 is 14.7 Å². The molecule has 1 unspecified atom stereocenters. The Morgan fingerprint density at radius 3 is 2.58 bits per heavy atom. The minimum Gasteiger partial charge on any atom is -0.507 e. The smallest absolute Gasteiger partial charge is 0.295 e. The number of carbonyl (C=O) groups is 2. The number of aliphatic hydroxyl groups is 1. The first-order valence-corrected chi connectivity index (χ1v) is 10.7. The van der Waals surface area contributed by atoms with Crippen molar-refractivity contribution in [1.29, 1.82) is 0 Å². The molecule has 1 aliphatic rings. The van der Waals surface area contributed by atoms with Crippen LogP contribution in [0.15, 0.2) is 90.1 Å². The number of Topliss-reactive ketones (excluding diaryl/α,β-unsaturated/α-hetero) is 1. The third-order valence-electron chi connectivity index (χ3n) is 5.47. The maximum absolute atomic E-state index is 13.1. The molecule has 0 spiro atoms. The number of aliphatic hydroxyl groups excluding tert-OH is 1. The molecule has 1 amide bonds. The van der Waals surface area contributed by atoms with Gasteiger partial charge in [-0.25, -0.2) is 0 Å². The van der Waals surface area contributed by atoms with Crippen LogP contribution in [0, 0.1) is 0 Å². The second-order valence-corrected chi connectivity index (χ2v) is 8.39. The van der Waals surface area contributed by atoms with E-state index in [9.17, 15) is 14.7 Å². The van der Waals surface area contributed by atoms with Crippen LogP contribution in [0.25, 0.3) is 16.5 Å². The fourth-order valence-electron chi connectivity index (χ4n) is 3.99. The van der Waals surface area contributed by atoms with E-state index in [0.717, 1.165) is 15.6 Å². The lowest BCUT2D eigenvalue weighted by atomic mass is 9.95. The van der Waals surface area contributed by atoms with Crippen LogP contribution in [-0.2, 0) is 16.1 Å². The molecule has 1 fully saturated rings. The number of pyridine rings is 1. The van der Waals surface area contributed by atoms with E-state index in [1.54, 1.807) is 24.5 Å². The number of hydrogen-bond acceptors (Lipinski definition) is 5. The number of ketones is 1. The second-order valence-electron chi connectivity index (χ2n) is 7.35. The van der Waals surface area contributed by atoms with Crippen molar-refractivity contribution in [3.63, 3.8) is 0 Å². The Hall–Kier alpha value is -3.77. The number of rotatable bonds is 4. The monoisotopic (exact) mass is 426 g/mol. The average molecular weight is 426 g/mol. The molecule has 2 aromatic heterocycles. The lowest BCUT2D eigenvalue weighted by Gasteiger charge is -2.24. The number of hydrogen-bond donors (Lipinski definition) is 1. The van der Waals surface area contributed by atoms with Crippen molar-refractivity contribution >= 4 is 39.6 Å². The van der Waals surface area contributed by atoms with E-state index in [1.165, 1.54) is 16.2 Å². The molecule has 0 bridgehead atoms. The molecule has 6 heteroatoms. The average Bonchev–Trinajstić information content (AvgIpc) is 3.41. The summed E-state index contributed by atoms with van der Waals surface area (Å²) in [5, 5.41) is 15.1. The number of fused-ring (bicyclic) bond motifs is 1. The summed E-state index contributed by atoms with van der Waals surface area (Å²) in [6.07, 6.45) is 3.27. The lowest BCUT2D eigenvalue weighted by Crippen LogP contribution is -2.28. The van der Waals surface area contributed by atoms with Gasteiger partial charge in [0.15, 0.2) is 0 Å². The summed E-state index contributed by atoms with van der Waals surface area (Å²) in [6.45, 7) is 0.288. The maximum atomic E-state index is 13.1. The highest BCUT2D eigenvalue weighted by Crippen LogP contribution is 2.40. The molecule has 1 N–H and O–H groups in total. The summed E-state index contributed by atoms with van der Waals surface area (Å²) in [5.41, 5.74) is 1.27. The molecule has 0 radical (unpaired) electrons. The lowest BCUT2D eigenvalue weighted by molar-refractivity contribution is -0.140. The van der Waals surface area contributed by atoms with Crippen molar-refractivity contribution in [3.8, 4) is 0 Å². The van der Waals surface area contributed by atoms with Gasteiger partial charge < -0.3 is 10.0 Å². The van der Waals surface area contributed by atoms with Gasteiger partial charge in [0, 0.05) is 22.8 Å². The fourth-order valence-corrected chi connectivity index (χ4v) is 4.69. The highest BCUT2D eigenvalue weighted by Gasteiger charge is 2.46. The first-order valence-electron chi connectivity index (χ1n) is 9.83. The number of aromatic nitrogens is 1. The third-order valence-corrected chi connectivity index (χ3v) is 6.33. The SMILES string of the molecule is O=C1C(=O)N(Cc2cccs2)C(c2cccnc2)/C1=C(/O)c1ccc2ccccc2c1. The molecule has 3 heterocycles. The molecule has 4 aromatic rings. The zero-order valence-corrected chi connectivity index (χ0v) is 17.3. The van der Waals surface area contributed by atoms with Crippen LogP contribution in [0.5, 0.6) is 0 Å². The third kappa shape index (κ3) is 3.41. The summed E-state index contributed by atoms with van der Waals surface area (Å²) in [6, 6.07) is 20.0. The summed E-state index contributed by atoms with van der Waals surface area (Å²) in [7, 11) is 0. The topological polar surface area (TPSA) is 70.5 Å². The van der Waals surface area contributed by atoms with Gasteiger partial charge in [-0.1, -0.05) is 48.5 Å². The summed E-state index contributed by atoms with van der Waals surface area (Å²) < 4.78 is 0. The molecule has 152 valence electrons. The highest BCUT2D eigenvalue weighted by atomic mass is 32.1. The van der Waals surface area contributed by atoms with Crippen molar-refractivity contribution in [2.75, 3.05) is 0 Å². The Balaban J connectivity index is 1.66. The number of nitrogens with zero attached hydrogens (tertiary/aromatic N) is 2. The Kier molecular flexibility index (Phi) is 4.84. The quantitative estimate of drug-likeness (QED) is 0.286. The normalized spacial score (nSPS) is 18.1. The molecule has 0 aliphatic carbocycles. The number of likely N-dealkylation sites (tertiary alicyclic amines) is 1. The van der Waals surface area contributed by atoms with Crippen LogP contribution in [0.2, 0.25) is 0 Å². The largest absolute Gasteiger partial charge is 0.507 e. The minimum absolute atomic E-state index is 0.0878. The first kappa shape index (κ1) is 19.2.